The van der Waals surface area contributed by atoms with Gasteiger partial charge in [-0.05, 0) is 0 Å². The highest BCUT2D eigenvalue weighted by Gasteiger charge is 2.27. The van der Waals surface area contributed by atoms with Gasteiger partial charge in [-0.2, -0.15) is 0 Å². The number of hydrogen-bond donors (Lipinski definition) is 4. The summed E-state index contributed by atoms with van der Waals surface area (Å²) in [7, 11) is 0. The molecule has 7 heteroatoms. The van der Waals surface area contributed by atoms with Crippen LogP contribution in [-0.4, -0.2) is 37.5 Å². The normalized spacial score (nSPS) is 15.1. The fourth-order valence-corrected chi connectivity index (χ4v) is 1.62. The van der Waals surface area contributed by atoms with Crippen LogP contribution in [0, 0.1) is 0 Å². The third kappa shape index (κ3) is 2.26. The van der Waals surface area contributed by atoms with Crippen LogP contribution in [0.2, 0.25) is 0 Å². The van der Waals surface area contributed by atoms with Crippen LogP contribution >= 0.6 is 11.3 Å². The van der Waals surface area contributed by atoms with Gasteiger partial charge in [-0.25, -0.2) is 9.78 Å². The summed E-state index contributed by atoms with van der Waals surface area (Å²) < 4.78 is 0. The molecule has 0 aliphatic carbocycles. The van der Waals surface area contributed by atoms with Gasteiger partial charge < -0.3 is 20.4 Å². The van der Waals surface area contributed by atoms with Gasteiger partial charge in [0.25, 0.3) is 0 Å². The second kappa shape index (κ2) is 4.47. The molecule has 0 fully saturated rings. The van der Waals surface area contributed by atoms with Crippen LogP contribution in [0.5, 0.6) is 0 Å². The molecular formula is C7H9NO5S. The number of aromatic nitrogens is 1. The van der Waals surface area contributed by atoms with E-state index in [1.165, 1.54) is 5.38 Å². The first-order valence-electron chi connectivity index (χ1n) is 3.70. The maximum Gasteiger partial charge on any atom is 0.335 e. The monoisotopic (exact) mass is 219 g/mol. The number of nitrogens with zero attached hydrogens (tertiary/aromatic N) is 1. The number of aliphatic hydroxyl groups is 3. The highest BCUT2D eigenvalue weighted by atomic mass is 32.1. The molecule has 0 aromatic carbocycles. The molecule has 0 saturated carbocycles. The molecule has 14 heavy (non-hydrogen) atoms. The summed E-state index contributed by atoms with van der Waals surface area (Å²) in [5, 5.41) is 36.9. The van der Waals surface area contributed by atoms with Gasteiger partial charge in [0, 0.05) is 5.38 Å². The third-order valence-corrected chi connectivity index (χ3v) is 2.50. The van der Waals surface area contributed by atoms with Crippen LogP contribution in [0.1, 0.15) is 16.8 Å². The van der Waals surface area contributed by atoms with Gasteiger partial charge in [0.2, 0.25) is 0 Å². The van der Waals surface area contributed by atoms with Crippen molar-refractivity contribution in [3.05, 3.63) is 16.1 Å². The van der Waals surface area contributed by atoms with Crippen LogP contribution in [0.4, 0.5) is 0 Å². The van der Waals surface area contributed by atoms with Crippen LogP contribution in [-0.2, 0) is 11.4 Å². The predicted octanol–water partition coefficient (Wildman–Crippen LogP) is -0.886. The molecule has 0 amide bonds. The number of hydrogen-bond acceptors (Lipinski definition) is 6. The number of carboxylic acid groups (broad SMARTS) is 1. The molecule has 4 N–H and O–H groups in total. The smallest absolute Gasteiger partial charge is 0.335 e. The fourth-order valence-electron chi connectivity index (χ4n) is 0.801. The van der Waals surface area contributed by atoms with Crippen molar-refractivity contribution in [3.8, 4) is 0 Å². The maximum atomic E-state index is 10.3. The zero-order valence-electron chi connectivity index (χ0n) is 6.99. The lowest BCUT2D eigenvalue weighted by Gasteiger charge is -2.10. The molecule has 1 aromatic heterocycles. The number of aliphatic hydroxyl groups excluding tert-OH is 3. The summed E-state index contributed by atoms with van der Waals surface area (Å²) in [6, 6.07) is 0. The first-order valence-corrected chi connectivity index (χ1v) is 4.58. The number of carboxylic acids is 1. The lowest BCUT2D eigenvalue weighted by molar-refractivity contribution is -0.153. The van der Waals surface area contributed by atoms with E-state index in [0.717, 1.165) is 11.3 Å². The Labute approximate surface area is 83.1 Å². The minimum atomic E-state index is -1.90. The van der Waals surface area contributed by atoms with E-state index in [2.05, 4.69) is 4.98 Å². The Morgan fingerprint density at radius 3 is 2.64 bits per heavy atom. The van der Waals surface area contributed by atoms with Gasteiger partial charge >= 0.3 is 5.97 Å². The first-order chi connectivity index (χ1) is 6.56. The molecule has 2 unspecified atom stereocenters. The largest absolute Gasteiger partial charge is 0.479 e. The lowest BCUT2D eigenvalue weighted by Crippen LogP contribution is -2.27. The molecule has 0 aliphatic heterocycles. The van der Waals surface area contributed by atoms with E-state index >= 15 is 0 Å². The predicted molar refractivity (Wildman–Crippen MR) is 46.6 cm³/mol. The van der Waals surface area contributed by atoms with Crippen molar-refractivity contribution < 1.29 is 25.2 Å². The SMILES string of the molecule is O=C(O)C(O)C(O)c1nc(CO)cs1. The molecule has 1 heterocycles. The topological polar surface area (TPSA) is 111 Å². The van der Waals surface area contributed by atoms with E-state index < -0.39 is 18.2 Å². The summed E-state index contributed by atoms with van der Waals surface area (Å²) in [5.41, 5.74) is 0.335. The van der Waals surface area contributed by atoms with Gasteiger partial charge in [0.15, 0.2) is 6.10 Å². The summed E-state index contributed by atoms with van der Waals surface area (Å²) in [6.07, 6.45) is -3.45. The average Bonchev–Trinajstić information content (AvgIpc) is 2.63. The second-order valence-corrected chi connectivity index (χ2v) is 3.45. The van der Waals surface area contributed by atoms with Crippen molar-refractivity contribution in [3.63, 3.8) is 0 Å². The van der Waals surface area contributed by atoms with E-state index in [0.29, 0.717) is 5.69 Å². The summed E-state index contributed by atoms with van der Waals surface area (Å²) in [5.74, 6) is -1.52. The molecule has 6 nitrogen and oxygen atoms in total. The molecule has 78 valence electrons. The molecule has 0 aliphatic rings. The van der Waals surface area contributed by atoms with Crippen molar-refractivity contribution in [2.24, 2.45) is 0 Å². The number of carbonyl (C=O) groups is 1. The van der Waals surface area contributed by atoms with E-state index in [9.17, 15) is 9.90 Å². The molecule has 0 saturated heterocycles. The maximum absolute atomic E-state index is 10.3. The quantitative estimate of drug-likeness (QED) is 0.523. The van der Waals surface area contributed by atoms with Gasteiger partial charge in [-0.3, -0.25) is 0 Å². The standard InChI is InChI=1S/C7H9NO5S/c9-1-3-2-14-6(8-3)4(10)5(11)7(12)13/h2,4-5,9-11H,1H2,(H,12,13). The van der Waals surface area contributed by atoms with E-state index in [1.807, 2.05) is 0 Å². The Morgan fingerprint density at radius 1 is 1.57 bits per heavy atom. The van der Waals surface area contributed by atoms with Crippen LogP contribution in [0.15, 0.2) is 5.38 Å². The minimum Gasteiger partial charge on any atom is -0.479 e. The summed E-state index contributed by atoms with van der Waals surface area (Å²) >= 11 is 0.984. The molecule has 1 aromatic rings. The molecule has 0 radical (unpaired) electrons. The Hall–Kier alpha value is -1.02. The molecular weight excluding hydrogens is 210 g/mol. The fraction of sp³-hybridized carbons (Fsp3) is 0.429. The minimum absolute atomic E-state index is 0.0731. The second-order valence-electron chi connectivity index (χ2n) is 2.56. The lowest BCUT2D eigenvalue weighted by atomic mass is 10.2. The van der Waals surface area contributed by atoms with Gasteiger partial charge in [0.05, 0.1) is 12.3 Å². The van der Waals surface area contributed by atoms with Crippen molar-refractivity contribution >= 4 is 17.3 Å². The van der Waals surface area contributed by atoms with Gasteiger partial charge in [0.1, 0.15) is 11.1 Å². The van der Waals surface area contributed by atoms with Gasteiger partial charge in [-0.15, -0.1) is 11.3 Å². The summed E-state index contributed by atoms with van der Waals surface area (Å²) in [6.45, 7) is -0.285. The molecule has 1 rings (SSSR count). The Kier molecular flexibility index (Phi) is 3.53. The first kappa shape index (κ1) is 11.1. The van der Waals surface area contributed by atoms with Crippen molar-refractivity contribution in [1.82, 2.24) is 4.98 Å². The number of rotatable bonds is 4. The van der Waals surface area contributed by atoms with E-state index in [4.69, 9.17) is 15.3 Å². The summed E-state index contributed by atoms with van der Waals surface area (Å²) in [4.78, 5) is 14.0. The van der Waals surface area contributed by atoms with E-state index in [-0.39, 0.29) is 11.6 Å². The number of aliphatic carboxylic acids is 1. The molecule has 0 bridgehead atoms. The van der Waals surface area contributed by atoms with Crippen molar-refractivity contribution in [2.45, 2.75) is 18.8 Å². The third-order valence-electron chi connectivity index (χ3n) is 1.54. The Bertz CT molecular complexity index is 326. The van der Waals surface area contributed by atoms with Crippen LogP contribution in [0.25, 0.3) is 0 Å². The van der Waals surface area contributed by atoms with Crippen LogP contribution < -0.4 is 0 Å². The molecule has 2 atom stereocenters. The average molecular weight is 219 g/mol. The van der Waals surface area contributed by atoms with Crippen LogP contribution in [0.3, 0.4) is 0 Å². The van der Waals surface area contributed by atoms with Crippen molar-refractivity contribution in [1.29, 1.82) is 0 Å². The highest BCUT2D eigenvalue weighted by Crippen LogP contribution is 2.21. The van der Waals surface area contributed by atoms with Crippen molar-refractivity contribution in [2.75, 3.05) is 0 Å². The highest BCUT2D eigenvalue weighted by molar-refractivity contribution is 7.09. The Balaban J connectivity index is 2.78. The zero-order valence-corrected chi connectivity index (χ0v) is 7.81. The van der Waals surface area contributed by atoms with Gasteiger partial charge in [-0.1, -0.05) is 0 Å². The Morgan fingerprint density at radius 2 is 2.21 bits per heavy atom. The number of thiazole rings is 1. The van der Waals surface area contributed by atoms with E-state index in [1.54, 1.807) is 0 Å². The molecule has 0 spiro atoms. The zero-order chi connectivity index (χ0) is 10.7.